The lowest BCUT2D eigenvalue weighted by Gasteiger charge is -2.16. The van der Waals surface area contributed by atoms with Crippen molar-refractivity contribution in [3.05, 3.63) is 0 Å². The highest BCUT2D eigenvalue weighted by Gasteiger charge is 2.31. The molecular weight excluding hydrogens is 192 g/mol. The average molecular weight is 212 g/mol. The van der Waals surface area contributed by atoms with Crippen LogP contribution in [-0.2, 0) is 14.2 Å². The third-order valence-corrected chi connectivity index (χ3v) is 2.30. The minimum atomic E-state index is -0.455. The van der Waals surface area contributed by atoms with Gasteiger partial charge in [-0.1, -0.05) is 11.8 Å². The molecule has 0 radical (unpaired) electrons. The van der Waals surface area contributed by atoms with E-state index in [0.29, 0.717) is 13.0 Å². The average Bonchev–Trinajstić information content (AvgIpc) is 2.45. The van der Waals surface area contributed by atoms with Gasteiger partial charge in [-0.05, 0) is 27.7 Å². The standard InChI is InChI=1S/C12H20O3/c1-11(2,13-5)8-6-7-10-9-14-12(3,4)15-10/h10H,7,9H2,1-5H3. The van der Waals surface area contributed by atoms with Crippen LogP contribution in [0.4, 0.5) is 0 Å². The summed E-state index contributed by atoms with van der Waals surface area (Å²) in [6.07, 6.45) is 0.774. The van der Waals surface area contributed by atoms with Gasteiger partial charge in [-0.2, -0.15) is 0 Å². The Hall–Kier alpha value is -0.560. The fraction of sp³-hybridized carbons (Fsp3) is 0.833. The van der Waals surface area contributed by atoms with E-state index in [1.807, 2.05) is 27.7 Å². The molecule has 1 fully saturated rings. The lowest BCUT2D eigenvalue weighted by molar-refractivity contribution is -0.137. The summed E-state index contributed by atoms with van der Waals surface area (Å²) in [6, 6.07) is 0. The summed E-state index contributed by atoms with van der Waals surface area (Å²) in [5, 5.41) is 0. The van der Waals surface area contributed by atoms with E-state index in [-0.39, 0.29) is 11.7 Å². The summed E-state index contributed by atoms with van der Waals surface area (Å²) in [5.41, 5.74) is -0.380. The molecule has 0 N–H and O–H groups in total. The third-order valence-electron chi connectivity index (χ3n) is 2.30. The second-order valence-corrected chi connectivity index (χ2v) is 4.67. The number of rotatable bonds is 2. The van der Waals surface area contributed by atoms with E-state index >= 15 is 0 Å². The second-order valence-electron chi connectivity index (χ2n) is 4.67. The van der Waals surface area contributed by atoms with Crippen LogP contribution < -0.4 is 0 Å². The van der Waals surface area contributed by atoms with E-state index in [1.165, 1.54) is 0 Å². The Morgan fingerprint density at radius 3 is 2.60 bits per heavy atom. The van der Waals surface area contributed by atoms with Crippen molar-refractivity contribution in [3.8, 4) is 11.8 Å². The molecule has 1 heterocycles. The van der Waals surface area contributed by atoms with Gasteiger partial charge < -0.3 is 14.2 Å². The number of hydrogen-bond donors (Lipinski definition) is 0. The maximum Gasteiger partial charge on any atom is 0.163 e. The first-order valence-electron chi connectivity index (χ1n) is 5.22. The SMILES string of the molecule is COC(C)(C)C#CCC1COC(C)(C)O1. The molecule has 0 saturated carbocycles. The van der Waals surface area contributed by atoms with Crippen molar-refractivity contribution in [2.45, 2.75) is 51.6 Å². The number of hydrogen-bond acceptors (Lipinski definition) is 3. The quantitative estimate of drug-likeness (QED) is 0.655. The molecule has 3 heteroatoms. The Bertz CT molecular complexity index is 270. The van der Waals surface area contributed by atoms with Crippen LogP contribution in [0.15, 0.2) is 0 Å². The van der Waals surface area contributed by atoms with Crippen LogP contribution in [0.1, 0.15) is 34.1 Å². The number of methoxy groups -OCH3 is 1. The van der Waals surface area contributed by atoms with Crippen molar-refractivity contribution in [3.63, 3.8) is 0 Å². The smallest absolute Gasteiger partial charge is 0.163 e. The normalized spacial score (nSPS) is 24.7. The first kappa shape index (κ1) is 12.5. The summed E-state index contributed by atoms with van der Waals surface area (Å²) in [5.74, 6) is 5.68. The fourth-order valence-electron chi connectivity index (χ4n) is 1.29. The molecule has 86 valence electrons. The zero-order valence-corrected chi connectivity index (χ0v) is 10.2. The molecule has 1 rings (SSSR count). The van der Waals surface area contributed by atoms with Crippen LogP contribution in [0.5, 0.6) is 0 Å². The third kappa shape index (κ3) is 4.21. The summed E-state index contributed by atoms with van der Waals surface area (Å²) in [6.45, 7) is 8.33. The van der Waals surface area contributed by atoms with E-state index < -0.39 is 5.79 Å². The van der Waals surface area contributed by atoms with Gasteiger partial charge in [0, 0.05) is 13.5 Å². The van der Waals surface area contributed by atoms with E-state index in [4.69, 9.17) is 14.2 Å². The first-order chi connectivity index (χ1) is 6.85. The van der Waals surface area contributed by atoms with Gasteiger partial charge in [-0.25, -0.2) is 0 Å². The summed E-state index contributed by atoms with van der Waals surface area (Å²) < 4.78 is 16.3. The first-order valence-corrected chi connectivity index (χ1v) is 5.22. The predicted molar refractivity (Wildman–Crippen MR) is 58.4 cm³/mol. The molecule has 1 aliphatic rings. The molecule has 1 atom stereocenters. The van der Waals surface area contributed by atoms with Crippen molar-refractivity contribution < 1.29 is 14.2 Å². The van der Waals surface area contributed by atoms with Gasteiger partial charge in [-0.15, -0.1) is 0 Å². The molecule has 0 amide bonds. The van der Waals surface area contributed by atoms with E-state index in [1.54, 1.807) is 7.11 Å². The lowest BCUT2D eigenvalue weighted by atomic mass is 10.1. The molecule has 0 aromatic heterocycles. The highest BCUT2D eigenvalue weighted by atomic mass is 16.7. The van der Waals surface area contributed by atoms with Gasteiger partial charge in [0.25, 0.3) is 0 Å². The summed E-state index contributed by atoms with van der Waals surface area (Å²) >= 11 is 0. The van der Waals surface area contributed by atoms with Crippen LogP contribution in [0.25, 0.3) is 0 Å². The Kier molecular flexibility index (Phi) is 3.77. The Balaban J connectivity index is 2.39. The van der Waals surface area contributed by atoms with Gasteiger partial charge in [0.1, 0.15) is 5.60 Å². The molecule has 0 aromatic rings. The monoisotopic (exact) mass is 212 g/mol. The molecule has 1 unspecified atom stereocenters. The molecular formula is C12H20O3. The molecule has 0 aliphatic carbocycles. The van der Waals surface area contributed by atoms with Gasteiger partial charge in [0.05, 0.1) is 12.7 Å². The lowest BCUT2D eigenvalue weighted by Crippen LogP contribution is -2.21. The van der Waals surface area contributed by atoms with Gasteiger partial charge >= 0.3 is 0 Å². The van der Waals surface area contributed by atoms with E-state index in [2.05, 4.69) is 11.8 Å². The molecule has 3 nitrogen and oxygen atoms in total. The number of ether oxygens (including phenoxy) is 3. The minimum absolute atomic E-state index is 0.0835. The Morgan fingerprint density at radius 1 is 1.47 bits per heavy atom. The Morgan fingerprint density at radius 2 is 2.13 bits per heavy atom. The van der Waals surface area contributed by atoms with Gasteiger partial charge in [0.15, 0.2) is 5.79 Å². The maximum absolute atomic E-state index is 5.63. The van der Waals surface area contributed by atoms with Crippen LogP contribution in [0, 0.1) is 11.8 Å². The second kappa shape index (κ2) is 4.52. The highest BCUT2D eigenvalue weighted by Crippen LogP contribution is 2.23. The molecule has 1 saturated heterocycles. The van der Waals surface area contributed by atoms with Gasteiger partial charge in [-0.3, -0.25) is 0 Å². The highest BCUT2D eigenvalue weighted by molar-refractivity contribution is 5.11. The van der Waals surface area contributed by atoms with E-state index in [0.717, 1.165) is 0 Å². The maximum atomic E-state index is 5.63. The van der Waals surface area contributed by atoms with Crippen molar-refractivity contribution >= 4 is 0 Å². The molecule has 1 aliphatic heterocycles. The summed E-state index contributed by atoms with van der Waals surface area (Å²) in [4.78, 5) is 0. The van der Waals surface area contributed by atoms with Gasteiger partial charge in [0.2, 0.25) is 0 Å². The van der Waals surface area contributed by atoms with E-state index in [9.17, 15) is 0 Å². The molecule has 0 bridgehead atoms. The molecule has 0 aromatic carbocycles. The Labute approximate surface area is 92.1 Å². The zero-order chi connectivity index (χ0) is 11.5. The minimum Gasteiger partial charge on any atom is -0.366 e. The summed E-state index contributed by atoms with van der Waals surface area (Å²) in [7, 11) is 1.66. The van der Waals surface area contributed by atoms with Crippen LogP contribution in [-0.4, -0.2) is 31.2 Å². The topological polar surface area (TPSA) is 27.7 Å². The van der Waals surface area contributed by atoms with Crippen molar-refractivity contribution in [2.24, 2.45) is 0 Å². The molecule has 0 spiro atoms. The fourth-order valence-corrected chi connectivity index (χ4v) is 1.29. The molecule has 15 heavy (non-hydrogen) atoms. The largest absolute Gasteiger partial charge is 0.366 e. The van der Waals surface area contributed by atoms with Crippen molar-refractivity contribution in [1.82, 2.24) is 0 Å². The zero-order valence-electron chi connectivity index (χ0n) is 10.2. The van der Waals surface area contributed by atoms with Crippen molar-refractivity contribution in [1.29, 1.82) is 0 Å². The van der Waals surface area contributed by atoms with Crippen LogP contribution in [0.3, 0.4) is 0 Å². The van der Waals surface area contributed by atoms with Crippen LogP contribution >= 0.6 is 0 Å². The predicted octanol–water partition coefficient (Wildman–Crippen LogP) is 1.96. The van der Waals surface area contributed by atoms with Crippen molar-refractivity contribution in [2.75, 3.05) is 13.7 Å². The van der Waals surface area contributed by atoms with Crippen LogP contribution in [0.2, 0.25) is 0 Å².